The van der Waals surface area contributed by atoms with Crippen molar-refractivity contribution in [1.29, 1.82) is 0 Å². The fourth-order valence-corrected chi connectivity index (χ4v) is 2.64. The van der Waals surface area contributed by atoms with E-state index < -0.39 is 0 Å². The highest BCUT2D eigenvalue weighted by Crippen LogP contribution is 2.30. The maximum Gasteiger partial charge on any atom is 0.222 e. The van der Waals surface area contributed by atoms with Gasteiger partial charge in [0.1, 0.15) is 0 Å². The van der Waals surface area contributed by atoms with Crippen LogP contribution in [0.3, 0.4) is 0 Å². The van der Waals surface area contributed by atoms with E-state index in [1.165, 1.54) is 25.7 Å². The van der Waals surface area contributed by atoms with Crippen molar-refractivity contribution >= 4 is 5.91 Å². The molecule has 0 atom stereocenters. The summed E-state index contributed by atoms with van der Waals surface area (Å²) in [5.74, 6) is 1.54. The Morgan fingerprint density at radius 3 is 2.44 bits per heavy atom. The number of rotatable bonds is 7. The lowest BCUT2D eigenvalue weighted by Crippen LogP contribution is -2.31. The van der Waals surface area contributed by atoms with Crippen molar-refractivity contribution in [3.05, 3.63) is 0 Å². The highest BCUT2D eigenvalue weighted by atomic mass is 16.5. The number of hydrogen-bond donors (Lipinski definition) is 1. The highest BCUT2D eigenvalue weighted by molar-refractivity contribution is 5.76. The molecular weight excluding hydrogens is 228 g/mol. The average molecular weight is 256 g/mol. The Morgan fingerprint density at radius 2 is 1.89 bits per heavy atom. The summed E-state index contributed by atoms with van der Waals surface area (Å²) in [5.41, 5.74) is 5.68. The van der Waals surface area contributed by atoms with E-state index in [1.54, 1.807) is 7.11 Å². The van der Waals surface area contributed by atoms with Crippen LogP contribution in [0.4, 0.5) is 0 Å². The topological polar surface area (TPSA) is 55.6 Å². The lowest BCUT2D eigenvalue weighted by Gasteiger charge is -2.28. The second kappa shape index (κ2) is 8.48. The second-order valence-corrected chi connectivity index (χ2v) is 5.49. The van der Waals surface area contributed by atoms with Crippen LogP contribution < -0.4 is 5.73 Å². The van der Waals surface area contributed by atoms with Crippen LogP contribution in [0.1, 0.15) is 38.5 Å². The molecule has 2 N–H and O–H groups in total. The third-order valence-electron chi connectivity index (χ3n) is 4.03. The molecule has 4 heteroatoms. The summed E-state index contributed by atoms with van der Waals surface area (Å²) in [6, 6.07) is 0. The first-order valence-corrected chi connectivity index (χ1v) is 7.10. The standard InChI is InChI=1S/C14H28N2O2/c1-16(8-3-9-18-2)14(17)10-12-4-6-13(11-15)7-5-12/h12-13H,3-11,15H2,1-2H3. The fourth-order valence-electron chi connectivity index (χ4n) is 2.64. The molecule has 0 aromatic carbocycles. The number of nitrogens with two attached hydrogens (primary N) is 1. The Hall–Kier alpha value is -0.610. The van der Waals surface area contributed by atoms with Gasteiger partial charge in [-0.05, 0) is 50.5 Å². The van der Waals surface area contributed by atoms with Crippen LogP contribution in [0.25, 0.3) is 0 Å². The Kier molecular flexibility index (Phi) is 7.28. The quantitative estimate of drug-likeness (QED) is 0.704. The van der Waals surface area contributed by atoms with Gasteiger partial charge in [-0.3, -0.25) is 4.79 Å². The monoisotopic (exact) mass is 256 g/mol. The van der Waals surface area contributed by atoms with Crippen LogP contribution in [0.2, 0.25) is 0 Å². The SMILES string of the molecule is COCCCN(C)C(=O)CC1CCC(CN)CC1. The zero-order valence-electron chi connectivity index (χ0n) is 11.9. The molecule has 1 aliphatic carbocycles. The number of amides is 1. The molecular formula is C14H28N2O2. The Labute approximate surface area is 111 Å². The predicted octanol–water partition coefficient (Wildman–Crippen LogP) is 1.64. The van der Waals surface area contributed by atoms with Crippen LogP contribution in [0.5, 0.6) is 0 Å². The minimum absolute atomic E-state index is 0.280. The molecule has 18 heavy (non-hydrogen) atoms. The van der Waals surface area contributed by atoms with Gasteiger partial charge in [0.15, 0.2) is 0 Å². The third kappa shape index (κ3) is 5.36. The van der Waals surface area contributed by atoms with Crippen LogP contribution in [-0.4, -0.2) is 44.7 Å². The maximum atomic E-state index is 12.0. The Morgan fingerprint density at radius 1 is 1.28 bits per heavy atom. The first-order valence-electron chi connectivity index (χ1n) is 7.10. The first-order chi connectivity index (χ1) is 8.67. The molecule has 0 bridgehead atoms. The minimum atomic E-state index is 0.280. The number of methoxy groups -OCH3 is 1. The zero-order valence-corrected chi connectivity index (χ0v) is 11.9. The summed E-state index contributed by atoms with van der Waals surface area (Å²) in [4.78, 5) is 13.9. The van der Waals surface area contributed by atoms with Crippen LogP contribution in [0.15, 0.2) is 0 Å². The molecule has 4 nitrogen and oxygen atoms in total. The molecule has 0 aliphatic heterocycles. The van der Waals surface area contributed by atoms with E-state index in [-0.39, 0.29) is 5.91 Å². The normalized spacial score (nSPS) is 23.9. The number of hydrogen-bond acceptors (Lipinski definition) is 3. The van der Waals surface area contributed by atoms with Gasteiger partial charge in [0.25, 0.3) is 0 Å². The molecule has 1 amide bonds. The predicted molar refractivity (Wildman–Crippen MR) is 73.2 cm³/mol. The number of nitrogens with zero attached hydrogens (tertiary/aromatic N) is 1. The zero-order chi connectivity index (χ0) is 13.4. The van der Waals surface area contributed by atoms with Gasteiger partial charge in [0.05, 0.1) is 0 Å². The van der Waals surface area contributed by atoms with Gasteiger partial charge >= 0.3 is 0 Å². The molecule has 1 rings (SSSR count). The van der Waals surface area contributed by atoms with E-state index in [0.717, 1.165) is 26.1 Å². The number of carbonyl (C=O) groups is 1. The van der Waals surface area contributed by atoms with Crippen molar-refractivity contribution in [2.45, 2.75) is 38.5 Å². The van der Waals surface area contributed by atoms with E-state index in [0.29, 0.717) is 18.3 Å². The second-order valence-electron chi connectivity index (χ2n) is 5.49. The van der Waals surface area contributed by atoms with E-state index in [1.807, 2.05) is 11.9 Å². The molecule has 1 saturated carbocycles. The van der Waals surface area contributed by atoms with Gasteiger partial charge in [-0.25, -0.2) is 0 Å². The van der Waals surface area contributed by atoms with Crippen LogP contribution in [-0.2, 0) is 9.53 Å². The molecule has 1 fully saturated rings. The molecule has 0 radical (unpaired) electrons. The summed E-state index contributed by atoms with van der Waals surface area (Å²) < 4.78 is 5.00. The fraction of sp³-hybridized carbons (Fsp3) is 0.929. The van der Waals surface area contributed by atoms with Crippen molar-refractivity contribution in [2.24, 2.45) is 17.6 Å². The van der Waals surface area contributed by atoms with Gasteiger partial charge in [0.2, 0.25) is 5.91 Å². The average Bonchev–Trinajstić information content (AvgIpc) is 2.39. The van der Waals surface area contributed by atoms with E-state index in [9.17, 15) is 4.79 Å². The third-order valence-corrected chi connectivity index (χ3v) is 4.03. The molecule has 0 spiro atoms. The van der Waals surface area contributed by atoms with Crippen molar-refractivity contribution in [3.63, 3.8) is 0 Å². The van der Waals surface area contributed by atoms with Gasteiger partial charge in [-0.2, -0.15) is 0 Å². The van der Waals surface area contributed by atoms with Crippen molar-refractivity contribution in [3.8, 4) is 0 Å². The summed E-state index contributed by atoms with van der Waals surface area (Å²) >= 11 is 0. The van der Waals surface area contributed by atoms with E-state index in [2.05, 4.69) is 0 Å². The summed E-state index contributed by atoms with van der Waals surface area (Å²) in [5, 5.41) is 0. The lowest BCUT2D eigenvalue weighted by molar-refractivity contribution is -0.131. The van der Waals surface area contributed by atoms with E-state index in [4.69, 9.17) is 10.5 Å². The van der Waals surface area contributed by atoms with Crippen molar-refractivity contribution in [1.82, 2.24) is 4.90 Å². The molecule has 0 heterocycles. The lowest BCUT2D eigenvalue weighted by atomic mass is 9.80. The van der Waals surface area contributed by atoms with Crippen molar-refractivity contribution < 1.29 is 9.53 Å². The molecule has 0 aromatic heterocycles. The van der Waals surface area contributed by atoms with Crippen LogP contribution >= 0.6 is 0 Å². The van der Waals surface area contributed by atoms with E-state index >= 15 is 0 Å². The first kappa shape index (κ1) is 15.4. The van der Waals surface area contributed by atoms with Crippen LogP contribution in [0, 0.1) is 11.8 Å². The van der Waals surface area contributed by atoms with Gasteiger partial charge in [-0.15, -0.1) is 0 Å². The molecule has 0 saturated heterocycles. The molecule has 0 aromatic rings. The Balaban J connectivity index is 2.19. The number of ether oxygens (including phenoxy) is 1. The largest absolute Gasteiger partial charge is 0.385 e. The smallest absolute Gasteiger partial charge is 0.222 e. The van der Waals surface area contributed by atoms with Gasteiger partial charge in [0, 0.05) is 33.7 Å². The van der Waals surface area contributed by atoms with Gasteiger partial charge < -0.3 is 15.4 Å². The minimum Gasteiger partial charge on any atom is -0.385 e. The summed E-state index contributed by atoms with van der Waals surface area (Å²) in [6.45, 7) is 2.32. The number of carbonyl (C=O) groups excluding carboxylic acids is 1. The Bertz CT molecular complexity index is 238. The highest BCUT2D eigenvalue weighted by Gasteiger charge is 2.23. The maximum absolute atomic E-state index is 12.0. The molecule has 1 aliphatic rings. The molecule has 0 unspecified atom stereocenters. The molecule has 106 valence electrons. The van der Waals surface area contributed by atoms with Crippen molar-refractivity contribution in [2.75, 3.05) is 33.9 Å². The summed E-state index contributed by atoms with van der Waals surface area (Å²) in [7, 11) is 3.58. The van der Waals surface area contributed by atoms with Gasteiger partial charge in [-0.1, -0.05) is 0 Å². The summed E-state index contributed by atoms with van der Waals surface area (Å²) in [6.07, 6.45) is 6.35.